The van der Waals surface area contributed by atoms with Crippen LogP contribution in [-0.2, 0) is 6.18 Å². The molecule has 0 aliphatic heterocycles. The third kappa shape index (κ3) is 2.14. The molecule has 5 rings (SSSR count). The van der Waals surface area contributed by atoms with E-state index in [-0.39, 0.29) is 29.3 Å². The number of fused-ring (bicyclic) bond motifs is 1. The number of nitriles is 1. The fourth-order valence-electron chi connectivity index (χ4n) is 3.86. The second-order valence-corrected chi connectivity index (χ2v) is 6.32. The molecule has 4 nitrogen and oxygen atoms in total. The zero-order valence-electron chi connectivity index (χ0n) is 12.9. The van der Waals surface area contributed by atoms with Gasteiger partial charge in [0.05, 0.1) is 22.9 Å². The maximum Gasteiger partial charge on any atom is 0.417 e. The molecule has 0 unspecified atom stereocenters. The molecular weight excluding hydrogens is 333 g/mol. The van der Waals surface area contributed by atoms with Gasteiger partial charge in [0.25, 0.3) is 0 Å². The summed E-state index contributed by atoms with van der Waals surface area (Å²) in [5.74, 6) is -0.589. The lowest BCUT2D eigenvalue weighted by atomic mass is 9.73. The quantitative estimate of drug-likeness (QED) is 0.756. The summed E-state index contributed by atoms with van der Waals surface area (Å²) in [4.78, 5) is 0. The molecule has 0 radical (unpaired) electrons. The molecule has 3 aliphatic rings. The van der Waals surface area contributed by atoms with E-state index < -0.39 is 17.3 Å². The standard InChI is InChI=1S/C18H13F3N2O2/c19-18(20,21)13-7-12(6-5-11(13)8-22)23-16(24)14-9-1-2-10(4-3-9)15(14)17(23)25/h1-2,5-7,9-10,24-25H,3-4H2/t9-,10+. The molecule has 0 fully saturated rings. The van der Waals surface area contributed by atoms with Crippen molar-refractivity contribution in [1.29, 1.82) is 5.26 Å². The van der Waals surface area contributed by atoms with Crippen LogP contribution in [0.4, 0.5) is 13.2 Å². The summed E-state index contributed by atoms with van der Waals surface area (Å²) >= 11 is 0. The largest absolute Gasteiger partial charge is 0.494 e. The molecule has 1 aromatic carbocycles. The molecule has 0 amide bonds. The fourth-order valence-corrected chi connectivity index (χ4v) is 3.86. The molecule has 2 atom stereocenters. The molecule has 0 saturated heterocycles. The maximum atomic E-state index is 13.2. The van der Waals surface area contributed by atoms with E-state index in [0.29, 0.717) is 11.1 Å². The minimum absolute atomic E-state index is 0.0323. The van der Waals surface area contributed by atoms with Crippen LogP contribution in [0.25, 0.3) is 5.69 Å². The third-order valence-electron chi connectivity index (χ3n) is 4.99. The van der Waals surface area contributed by atoms with Crippen LogP contribution in [-0.4, -0.2) is 14.8 Å². The number of allylic oxidation sites excluding steroid dienone is 2. The smallest absolute Gasteiger partial charge is 0.417 e. The number of nitrogens with zero attached hydrogens (tertiary/aromatic N) is 2. The van der Waals surface area contributed by atoms with Crippen LogP contribution in [0.2, 0.25) is 0 Å². The number of alkyl halides is 3. The summed E-state index contributed by atoms with van der Waals surface area (Å²) in [6.45, 7) is 0. The van der Waals surface area contributed by atoms with Gasteiger partial charge in [-0.3, -0.25) is 4.57 Å². The Morgan fingerprint density at radius 3 is 2.04 bits per heavy atom. The van der Waals surface area contributed by atoms with Crippen molar-refractivity contribution in [2.75, 3.05) is 0 Å². The number of aromatic hydroxyl groups is 2. The van der Waals surface area contributed by atoms with E-state index >= 15 is 0 Å². The van der Waals surface area contributed by atoms with Crippen molar-refractivity contribution in [1.82, 2.24) is 4.57 Å². The molecular formula is C18H13F3N2O2. The zero-order chi connectivity index (χ0) is 17.9. The minimum atomic E-state index is -4.71. The molecule has 128 valence electrons. The average Bonchev–Trinajstić information content (AvgIpc) is 2.88. The number of hydrogen-bond acceptors (Lipinski definition) is 3. The van der Waals surface area contributed by atoms with E-state index in [4.69, 9.17) is 5.26 Å². The van der Waals surface area contributed by atoms with Gasteiger partial charge in [0, 0.05) is 23.0 Å². The molecule has 3 aliphatic carbocycles. The monoisotopic (exact) mass is 346 g/mol. The number of benzene rings is 1. The SMILES string of the molecule is N#Cc1ccc(-n2c(O)c3c(c2O)[C@H]2C=C[C@@H]3CC2)cc1C(F)(F)F. The first-order valence-electron chi connectivity index (χ1n) is 7.79. The van der Waals surface area contributed by atoms with Gasteiger partial charge in [0.2, 0.25) is 11.8 Å². The Bertz CT molecular complexity index is 913. The van der Waals surface area contributed by atoms with Crippen LogP contribution in [0, 0.1) is 11.3 Å². The Hall–Kier alpha value is -2.88. The Kier molecular flexibility index (Phi) is 3.16. The summed E-state index contributed by atoms with van der Waals surface area (Å²) in [6, 6.07) is 4.63. The molecule has 2 bridgehead atoms. The van der Waals surface area contributed by atoms with Crippen molar-refractivity contribution < 1.29 is 23.4 Å². The normalized spacial score (nSPS) is 21.2. The van der Waals surface area contributed by atoms with Crippen LogP contribution in [0.5, 0.6) is 11.8 Å². The average molecular weight is 346 g/mol. The first-order chi connectivity index (χ1) is 11.8. The number of halogens is 3. The minimum Gasteiger partial charge on any atom is -0.494 e. The van der Waals surface area contributed by atoms with Crippen molar-refractivity contribution in [3.8, 4) is 23.5 Å². The Morgan fingerprint density at radius 1 is 1.04 bits per heavy atom. The highest BCUT2D eigenvalue weighted by molar-refractivity contribution is 5.61. The fraction of sp³-hybridized carbons (Fsp3) is 0.278. The molecule has 2 N–H and O–H groups in total. The maximum absolute atomic E-state index is 13.2. The number of aromatic nitrogens is 1. The van der Waals surface area contributed by atoms with Gasteiger partial charge in [-0.1, -0.05) is 12.2 Å². The number of hydrogen-bond donors (Lipinski definition) is 2. The van der Waals surface area contributed by atoms with Crippen LogP contribution in [0.15, 0.2) is 30.4 Å². The van der Waals surface area contributed by atoms with Crippen molar-refractivity contribution in [2.45, 2.75) is 30.9 Å². The van der Waals surface area contributed by atoms with E-state index in [9.17, 15) is 23.4 Å². The number of rotatable bonds is 1. The van der Waals surface area contributed by atoms with Crippen LogP contribution >= 0.6 is 0 Å². The second kappa shape index (κ2) is 5.06. The van der Waals surface area contributed by atoms with Crippen molar-refractivity contribution in [3.05, 3.63) is 52.6 Å². The van der Waals surface area contributed by atoms with Gasteiger partial charge in [-0.2, -0.15) is 18.4 Å². The Morgan fingerprint density at radius 2 is 1.60 bits per heavy atom. The third-order valence-corrected chi connectivity index (χ3v) is 4.99. The van der Waals surface area contributed by atoms with Crippen LogP contribution in [0.1, 0.15) is 46.9 Å². The zero-order valence-corrected chi connectivity index (χ0v) is 12.9. The summed E-state index contributed by atoms with van der Waals surface area (Å²) in [5, 5.41) is 30.0. The summed E-state index contributed by atoms with van der Waals surface area (Å²) in [5.41, 5.74) is -0.480. The van der Waals surface area contributed by atoms with Gasteiger partial charge < -0.3 is 10.2 Å². The predicted octanol–water partition coefficient (Wildman–Crippen LogP) is 4.31. The first-order valence-corrected chi connectivity index (χ1v) is 7.79. The topological polar surface area (TPSA) is 69.2 Å². The van der Waals surface area contributed by atoms with Crippen molar-refractivity contribution >= 4 is 0 Å². The van der Waals surface area contributed by atoms with E-state index in [0.717, 1.165) is 29.5 Å². The molecule has 7 heteroatoms. The lowest BCUT2D eigenvalue weighted by Gasteiger charge is -2.30. The lowest BCUT2D eigenvalue weighted by Crippen LogP contribution is -2.15. The molecule has 0 saturated carbocycles. The second-order valence-electron chi connectivity index (χ2n) is 6.32. The molecule has 2 aromatic rings. The van der Waals surface area contributed by atoms with Crippen LogP contribution < -0.4 is 0 Å². The van der Waals surface area contributed by atoms with E-state index in [2.05, 4.69) is 0 Å². The summed E-state index contributed by atoms with van der Waals surface area (Å²) in [6.07, 6.45) is 0.859. The lowest BCUT2D eigenvalue weighted by molar-refractivity contribution is -0.137. The highest BCUT2D eigenvalue weighted by Gasteiger charge is 2.39. The summed E-state index contributed by atoms with van der Waals surface area (Å²) in [7, 11) is 0. The highest BCUT2D eigenvalue weighted by Crippen LogP contribution is 2.54. The van der Waals surface area contributed by atoms with Gasteiger partial charge in [0.1, 0.15) is 0 Å². The van der Waals surface area contributed by atoms with Gasteiger partial charge >= 0.3 is 6.18 Å². The highest BCUT2D eigenvalue weighted by atomic mass is 19.4. The van der Waals surface area contributed by atoms with Crippen LogP contribution in [0.3, 0.4) is 0 Å². The molecule has 0 spiro atoms. The van der Waals surface area contributed by atoms with Gasteiger partial charge in [-0.15, -0.1) is 0 Å². The Balaban J connectivity index is 1.94. The van der Waals surface area contributed by atoms with E-state index in [1.165, 1.54) is 12.1 Å². The van der Waals surface area contributed by atoms with Gasteiger partial charge in [-0.25, -0.2) is 0 Å². The van der Waals surface area contributed by atoms with Crippen molar-refractivity contribution in [2.24, 2.45) is 0 Å². The predicted molar refractivity (Wildman–Crippen MR) is 82.7 cm³/mol. The van der Waals surface area contributed by atoms with E-state index in [1.54, 1.807) is 0 Å². The first kappa shape index (κ1) is 15.6. The van der Waals surface area contributed by atoms with Gasteiger partial charge in [0.15, 0.2) is 0 Å². The Labute approximate surface area is 141 Å². The molecule has 1 heterocycles. The summed E-state index contributed by atoms with van der Waals surface area (Å²) < 4.78 is 40.6. The molecule has 1 aromatic heterocycles. The van der Waals surface area contributed by atoms with Gasteiger partial charge in [-0.05, 0) is 31.0 Å². The molecule has 25 heavy (non-hydrogen) atoms. The van der Waals surface area contributed by atoms with E-state index in [1.807, 2.05) is 12.2 Å². The van der Waals surface area contributed by atoms with Crippen molar-refractivity contribution in [3.63, 3.8) is 0 Å².